The lowest BCUT2D eigenvalue weighted by molar-refractivity contribution is 0.582. The van der Waals surface area contributed by atoms with Crippen LogP contribution in [0, 0.1) is 0 Å². The van der Waals surface area contributed by atoms with E-state index >= 15 is 0 Å². The van der Waals surface area contributed by atoms with Crippen molar-refractivity contribution in [2.24, 2.45) is 5.73 Å². The lowest BCUT2D eigenvalue weighted by Crippen LogP contribution is -2.30. The van der Waals surface area contributed by atoms with Gasteiger partial charge in [0.1, 0.15) is 11.3 Å². The molecule has 5 heteroatoms. The van der Waals surface area contributed by atoms with E-state index in [1.807, 2.05) is 0 Å². The quantitative estimate of drug-likeness (QED) is 0.873. The summed E-state index contributed by atoms with van der Waals surface area (Å²) in [5.74, 6) is 0.871. The normalized spacial score (nSPS) is 20.4. The van der Waals surface area contributed by atoms with Crippen molar-refractivity contribution in [2.75, 3.05) is 18.0 Å². The van der Waals surface area contributed by atoms with Gasteiger partial charge in [-0.2, -0.15) is 0 Å². The fraction of sp³-hybridized carbons (Fsp3) is 0.636. The molecule has 0 saturated carbocycles. The zero-order valence-electron chi connectivity index (χ0n) is 9.27. The van der Waals surface area contributed by atoms with Gasteiger partial charge >= 0.3 is 0 Å². The Bertz CT molecular complexity index is 345. The van der Waals surface area contributed by atoms with Crippen LogP contribution in [0.25, 0.3) is 0 Å². The predicted octanol–water partition coefficient (Wildman–Crippen LogP) is 1.84. The van der Waals surface area contributed by atoms with Gasteiger partial charge in [-0.15, -0.1) is 0 Å². The molecule has 0 aromatic carbocycles. The van der Waals surface area contributed by atoms with E-state index in [0.717, 1.165) is 31.7 Å². The summed E-state index contributed by atoms with van der Waals surface area (Å²) >= 11 is 6.11. The van der Waals surface area contributed by atoms with Crippen LogP contribution in [0.5, 0.6) is 0 Å². The van der Waals surface area contributed by atoms with Crippen molar-refractivity contribution in [3.63, 3.8) is 0 Å². The fourth-order valence-corrected chi connectivity index (χ4v) is 2.50. The second-order valence-corrected chi connectivity index (χ2v) is 4.52. The van der Waals surface area contributed by atoms with Gasteiger partial charge in [-0.05, 0) is 32.2 Å². The molecule has 0 radical (unpaired) electrons. The maximum Gasteiger partial charge on any atom is 0.151 e. The molecule has 1 unspecified atom stereocenters. The van der Waals surface area contributed by atoms with Crippen molar-refractivity contribution < 1.29 is 0 Å². The van der Waals surface area contributed by atoms with Crippen LogP contribution < -0.4 is 10.6 Å². The van der Waals surface area contributed by atoms with Crippen molar-refractivity contribution in [2.45, 2.75) is 31.7 Å². The predicted molar refractivity (Wildman–Crippen MR) is 65.7 cm³/mol. The van der Waals surface area contributed by atoms with Crippen molar-refractivity contribution in [3.05, 3.63) is 17.5 Å². The number of halogens is 1. The minimum absolute atomic E-state index is 0.538. The van der Waals surface area contributed by atoms with E-state index in [1.54, 1.807) is 12.5 Å². The zero-order valence-corrected chi connectivity index (χ0v) is 10.0. The van der Waals surface area contributed by atoms with E-state index in [-0.39, 0.29) is 0 Å². The van der Waals surface area contributed by atoms with E-state index < -0.39 is 0 Å². The van der Waals surface area contributed by atoms with E-state index in [1.165, 1.54) is 12.8 Å². The number of aromatic nitrogens is 2. The van der Waals surface area contributed by atoms with Crippen LogP contribution in [0.3, 0.4) is 0 Å². The molecule has 0 spiro atoms. The molecule has 1 fully saturated rings. The highest BCUT2D eigenvalue weighted by Crippen LogP contribution is 2.30. The Labute approximate surface area is 101 Å². The number of rotatable bonds is 4. The number of anilines is 1. The van der Waals surface area contributed by atoms with Gasteiger partial charge < -0.3 is 10.6 Å². The number of hydrogen-bond acceptors (Lipinski definition) is 4. The molecule has 1 saturated heterocycles. The number of nitrogens with two attached hydrogens (primary N) is 1. The molecule has 2 N–H and O–H groups in total. The van der Waals surface area contributed by atoms with Crippen molar-refractivity contribution in [1.82, 2.24) is 9.97 Å². The minimum Gasteiger partial charge on any atom is -0.352 e. The van der Waals surface area contributed by atoms with Gasteiger partial charge in [0.2, 0.25) is 0 Å². The van der Waals surface area contributed by atoms with Gasteiger partial charge in [0.15, 0.2) is 5.82 Å². The summed E-state index contributed by atoms with van der Waals surface area (Å²) in [6.07, 6.45) is 7.80. The standard InChI is InChI=1S/C11H17ClN4/c12-10-7-14-8-15-11(10)16-6-2-4-9(16)3-1-5-13/h7-9H,1-6,13H2. The monoisotopic (exact) mass is 240 g/mol. The van der Waals surface area contributed by atoms with Gasteiger partial charge in [0.25, 0.3) is 0 Å². The Morgan fingerprint density at radius 3 is 3.19 bits per heavy atom. The molecule has 0 bridgehead atoms. The first-order valence-electron chi connectivity index (χ1n) is 5.75. The van der Waals surface area contributed by atoms with Gasteiger partial charge in [-0.3, -0.25) is 0 Å². The molecule has 16 heavy (non-hydrogen) atoms. The average molecular weight is 241 g/mol. The Balaban J connectivity index is 2.10. The molecule has 1 atom stereocenters. The fourth-order valence-electron chi connectivity index (χ4n) is 2.29. The van der Waals surface area contributed by atoms with Crippen molar-refractivity contribution >= 4 is 17.4 Å². The topological polar surface area (TPSA) is 55.0 Å². The average Bonchev–Trinajstić information content (AvgIpc) is 2.75. The highest BCUT2D eigenvalue weighted by Gasteiger charge is 2.26. The lowest BCUT2D eigenvalue weighted by atomic mass is 10.1. The zero-order chi connectivity index (χ0) is 11.4. The number of nitrogens with zero attached hydrogens (tertiary/aromatic N) is 3. The summed E-state index contributed by atoms with van der Waals surface area (Å²) < 4.78 is 0. The van der Waals surface area contributed by atoms with Crippen LogP contribution in [0.1, 0.15) is 25.7 Å². The summed E-state index contributed by atoms with van der Waals surface area (Å²) in [5, 5.41) is 0.641. The first-order chi connectivity index (χ1) is 7.83. The van der Waals surface area contributed by atoms with Crippen molar-refractivity contribution in [3.8, 4) is 0 Å². The van der Waals surface area contributed by atoms with Crippen LogP contribution in [-0.2, 0) is 0 Å². The molecule has 0 aliphatic carbocycles. The van der Waals surface area contributed by atoms with Gasteiger partial charge in [-0.1, -0.05) is 11.6 Å². The molecular formula is C11H17ClN4. The van der Waals surface area contributed by atoms with E-state index in [0.29, 0.717) is 11.1 Å². The molecule has 2 heterocycles. The van der Waals surface area contributed by atoms with Crippen LogP contribution in [0.4, 0.5) is 5.82 Å². The maximum atomic E-state index is 6.11. The van der Waals surface area contributed by atoms with E-state index in [2.05, 4.69) is 14.9 Å². The summed E-state index contributed by atoms with van der Waals surface area (Å²) in [4.78, 5) is 10.5. The second kappa shape index (κ2) is 5.46. The van der Waals surface area contributed by atoms with Crippen LogP contribution in [0.15, 0.2) is 12.5 Å². The Hall–Kier alpha value is -0.870. The first-order valence-corrected chi connectivity index (χ1v) is 6.13. The molecule has 1 aromatic heterocycles. The van der Waals surface area contributed by atoms with Gasteiger partial charge in [0, 0.05) is 12.6 Å². The lowest BCUT2D eigenvalue weighted by Gasteiger charge is -2.26. The Morgan fingerprint density at radius 1 is 1.56 bits per heavy atom. The second-order valence-electron chi connectivity index (χ2n) is 4.11. The molecule has 1 aromatic rings. The van der Waals surface area contributed by atoms with Crippen LogP contribution in [-0.4, -0.2) is 29.1 Å². The minimum atomic E-state index is 0.538. The molecule has 1 aliphatic rings. The first kappa shape index (κ1) is 11.6. The molecular weight excluding hydrogens is 224 g/mol. The Morgan fingerprint density at radius 2 is 2.44 bits per heavy atom. The molecule has 88 valence electrons. The van der Waals surface area contributed by atoms with Gasteiger partial charge in [0.05, 0.1) is 6.20 Å². The van der Waals surface area contributed by atoms with Gasteiger partial charge in [-0.25, -0.2) is 9.97 Å². The third-order valence-electron chi connectivity index (χ3n) is 3.04. The van der Waals surface area contributed by atoms with E-state index in [9.17, 15) is 0 Å². The third kappa shape index (κ3) is 2.44. The molecule has 4 nitrogen and oxygen atoms in total. The van der Waals surface area contributed by atoms with Crippen LogP contribution in [0.2, 0.25) is 5.02 Å². The molecule has 2 rings (SSSR count). The number of hydrogen-bond donors (Lipinski definition) is 1. The van der Waals surface area contributed by atoms with Crippen LogP contribution >= 0.6 is 11.6 Å². The summed E-state index contributed by atoms with van der Waals surface area (Å²) in [5.41, 5.74) is 5.55. The summed E-state index contributed by atoms with van der Waals surface area (Å²) in [7, 11) is 0. The summed E-state index contributed by atoms with van der Waals surface area (Å²) in [6.45, 7) is 1.79. The third-order valence-corrected chi connectivity index (χ3v) is 3.31. The maximum absolute atomic E-state index is 6.11. The highest BCUT2D eigenvalue weighted by atomic mass is 35.5. The van der Waals surface area contributed by atoms with E-state index in [4.69, 9.17) is 17.3 Å². The highest BCUT2D eigenvalue weighted by molar-refractivity contribution is 6.32. The molecule has 1 aliphatic heterocycles. The smallest absolute Gasteiger partial charge is 0.151 e. The molecule has 0 amide bonds. The van der Waals surface area contributed by atoms with Crippen molar-refractivity contribution in [1.29, 1.82) is 0 Å². The summed E-state index contributed by atoms with van der Waals surface area (Å²) in [6, 6.07) is 0.538. The Kier molecular flexibility index (Phi) is 3.96. The SMILES string of the molecule is NCCCC1CCCN1c1ncncc1Cl. The largest absolute Gasteiger partial charge is 0.352 e.